The molecule has 0 aliphatic rings. The third-order valence-corrected chi connectivity index (χ3v) is 3.79. The molecule has 0 saturated heterocycles. The lowest BCUT2D eigenvalue weighted by Gasteiger charge is -2.10. The van der Waals surface area contributed by atoms with Gasteiger partial charge in [-0.3, -0.25) is 0 Å². The number of aromatic nitrogens is 3. The molecule has 3 rings (SSSR count). The highest BCUT2D eigenvalue weighted by molar-refractivity contribution is 6.20. The van der Waals surface area contributed by atoms with Crippen LogP contribution in [0, 0.1) is 6.92 Å². The van der Waals surface area contributed by atoms with Gasteiger partial charge in [-0.2, -0.15) is 0 Å². The molecule has 3 nitrogen and oxygen atoms in total. The van der Waals surface area contributed by atoms with E-state index in [0.717, 1.165) is 30.0 Å². The standard InChI is InChI=1S/C17H18ClN3/c1-12-5-3-6-14(11-12)8-10-21-16(13(2)18)20-15-7-4-9-19-17(15)21/h3-7,9,11,13H,8,10H2,1-2H3. The van der Waals surface area contributed by atoms with E-state index in [-0.39, 0.29) is 5.38 Å². The number of benzene rings is 1. The smallest absolute Gasteiger partial charge is 0.160 e. The van der Waals surface area contributed by atoms with Gasteiger partial charge in [0.2, 0.25) is 0 Å². The zero-order chi connectivity index (χ0) is 14.8. The van der Waals surface area contributed by atoms with E-state index in [9.17, 15) is 0 Å². The van der Waals surface area contributed by atoms with Crippen molar-refractivity contribution in [1.29, 1.82) is 0 Å². The predicted octanol–water partition coefficient (Wildman–Crippen LogP) is 4.28. The maximum atomic E-state index is 6.28. The molecule has 2 heterocycles. The number of hydrogen-bond donors (Lipinski definition) is 0. The van der Waals surface area contributed by atoms with Crippen LogP contribution < -0.4 is 0 Å². The lowest BCUT2D eigenvalue weighted by molar-refractivity contribution is 0.663. The minimum Gasteiger partial charge on any atom is -0.311 e. The zero-order valence-corrected chi connectivity index (χ0v) is 13.0. The van der Waals surface area contributed by atoms with Crippen LogP contribution in [0.2, 0.25) is 0 Å². The van der Waals surface area contributed by atoms with Gasteiger partial charge in [-0.15, -0.1) is 11.6 Å². The van der Waals surface area contributed by atoms with E-state index in [2.05, 4.69) is 45.7 Å². The molecule has 0 N–H and O–H groups in total. The van der Waals surface area contributed by atoms with Crippen LogP contribution in [0.4, 0.5) is 0 Å². The van der Waals surface area contributed by atoms with Gasteiger partial charge >= 0.3 is 0 Å². The van der Waals surface area contributed by atoms with Gasteiger partial charge in [0.25, 0.3) is 0 Å². The number of pyridine rings is 1. The molecule has 1 aromatic carbocycles. The first-order chi connectivity index (χ1) is 10.1. The summed E-state index contributed by atoms with van der Waals surface area (Å²) in [4.78, 5) is 9.07. The summed E-state index contributed by atoms with van der Waals surface area (Å²) in [5.74, 6) is 0.887. The molecule has 0 saturated carbocycles. The van der Waals surface area contributed by atoms with Gasteiger partial charge in [-0.1, -0.05) is 29.8 Å². The van der Waals surface area contributed by atoms with E-state index in [4.69, 9.17) is 11.6 Å². The second-order valence-electron chi connectivity index (χ2n) is 5.32. The topological polar surface area (TPSA) is 30.7 Å². The highest BCUT2D eigenvalue weighted by Crippen LogP contribution is 2.23. The lowest BCUT2D eigenvalue weighted by Crippen LogP contribution is -2.07. The normalized spacial score (nSPS) is 12.7. The first kappa shape index (κ1) is 14.1. The highest BCUT2D eigenvalue weighted by atomic mass is 35.5. The second kappa shape index (κ2) is 5.86. The van der Waals surface area contributed by atoms with Gasteiger partial charge in [0.05, 0.1) is 5.38 Å². The summed E-state index contributed by atoms with van der Waals surface area (Å²) in [5.41, 5.74) is 4.42. The summed E-state index contributed by atoms with van der Waals surface area (Å²) in [6, 6.07) is 12.5. The molecule has 4 heteroatoms. The third-order valence-electron chi connectivity index (χ3n) is 3.60. The molecule has 1 unspecified atom stereocenters. The second-order valence-corrected chi connectivity index (χ2v) is 5.98. The Balaban J connectivity index is 1.93. The Hall–Kier alpha value is -1.87. The fourth-order valence-electron chi connectivity index (χ4n) is 2.61. The van der Waals surface area contributed by atoms with Crippen molar-refractivity contribution in [3.63, 3.8) is 0 Å². The number of fused-ring (bicyclic) bond motifs is 1. The first-order valence-corrected chi connectivity index (χ1v) is 7.59. The third kappa shape index (κ3) is 2.93. The van der Waals surface area contributed by atoms with Crippen LogP contribution in [0.1, 0.15) is 29.3 Å². The van der Waals surface area contributed by atoms with Crippen LogP contribution in [0.25, 0.3) is 11.2 Å². The zero-order valence-electron chi connectivity index (χ0n) is 12.3. The number of rotatable bonds is 4. The van der Waals surface area contributed by atoms with Crippen LogP contribution in [-0.4, -0.2) is 14.5 Å². The summed E-state index contributed by atoms with van der Waals surface area (Å²) >= 11 is 6.28. The number of hydrogen-bond acceptors (Lipinski definition) is 2. The average molecular weight is 300 g/mol. The van der Waals surface area contributed by atoms with Gasteiger partial charge in [0.15, 0.2) is 5.65 Å². The molecular weight excluding hydrogens is 282 g/mol. The van der Waals surface area contributed by atoms with Crippen molar-refractivity contribution in [3.8, 4) is 0 Å². The molecule has 0 fully saturated rings. The molecule has 0 spiro atoms. The van der Waals surface area contributed by atoms with Crippen LogP contribution in [0.3, 0.4) is 0 Å². The van der Waals surface area contributed by atoms with Gasteiger partial charge in [-0.25, -0.2) is 9.97 Å². The number of aryl methyl sites for hydroxylation is 3. The van der Waals surface area contributed by atoms with E-state index in [1.54, 1.807) is 6.20 Å². The van der Waals surface area contributed by atoms with Gasteiger partial charge in [0.1, 0.15) is 11.3 Å². The molecule has 21 heavy (non-hydrogen) atoms. The molecular formula is C17H18ClN3. The Morgan fingerprint density at radius 1 is 1.24 bits per heavy atom. The van der Waals surface area contributed by atoms with Gasteiger partial charge in [0, 0.05) is 12.7 Å². The quantitative estimate of drug-likeness (QED) is 0.673. The fraction of sp³-hybridized carbons (Fsp3) is 0.294. The fourth-order valence-corrected chi connectivity index (χ4v) is 2.78. The van der Waals surface area contributed by atoms with Crippen LogP contribution >= 0.6 is 11.6 Å². The minimum absolute atomic E-state index is 0.128. The van der Waals surface area contributed by atoms with Crippen molar-refractivity contribution in [1.82, 2.24) is 14.5 Å². The van der Waals surface area contributed by atoms with E-state index >= 15 is 0 Å². The van der Waals surface area contributed by atoms with Crippen molar-refractivity contribution in [2.24, 2.45) is 0 Å². The van der Waals surface area contributed by atoms with Gasteiger partial charge < -0.3 is 4.57 Å². The maximum absolute atomic E-state index is 6.28. The van der Waals surface area contributed by atoms with Crippen molar-refractivity contribution in [3.05, 3.63) is 59.5 Å². The Morgan fingerprint density at radius 2 is 2.10 bits per heavy atom. The Labute approximate surface area is 129 Å². The summed E-state index contributed by atoms with van der Waals surface area (Å²) in [7, 11) is 0. The first-order valence-electron chi connectivity index (χ1n) is 7.16. The summed E-state index contributed by atoms with van der Waals surface area (Å²) in [6.07, 6.45) is 2.75. The molecule has 2 aromatic heterocycles. The summed E-state index contributed by atoms with van der Waals surface area (Å²) < 4.78 is 2.13. The lowest BCUT2D eigenvalue weighted by atomic mass is 10.1. The Kier molecular flexibility index (Phi) is 3.93. The molecule has 3 aromatic rings. The van der Waals surface area contributed by atoms with Crippen molar-refractivity contribution in [2.75, 3.05) is 0 Å². The molecule has 1 atom stereocenters. The van der Waals surface area contributed by atoms with E-state index < -0.39 is 0 Å². The van der Waals surface area contributed by atoms with Crippen LogP contribution in [0.15, 0.2) is 42.6 Å². The van der Waals surface area contributed by atoms with Crippen molar-refractivity contribution < 1.29 is 0 Å². The molecule has 0 bridgehead atoms. The molecule has 108 valence electrons. The van der Waals surface area contributed by atoms with E-state index in [1.165, 1.54) is 11.1 Å². The maximum Gasteiger partial charge on any atom is 0.160 e. The predicted molar refractivity (Wildman–Crippen MR) is 86.7 cm³/mol. The van der Waals surface area contributed by atoms with Crippen LogP contribution in [-0.2, 0) is 13.0 Å². The monoisotopic (exact) mass is 299 g/mol. The van der Waals surface area contributed by atoms with Crippen LogP contribution in [0.5, 0.6) is 0 Å². The van der Waals surface area contributed by atoms with Crippen molar-refractivity contribution >= 4 is 22.8 Å². The Bertz CT molecular complexity index is 762. The summed E-state index contributed by atoms with van der Waals surface area (Å²) in [6.45, 7) is 4.90. The Morgan fingerprint density at radius 3 is 2.86 bits per heavy atom. The molecule has 0 aliphatic heterocycles. The minimum atomic E-state index is -0.128. The highest BCUT2D eigenvalue weighted by Gasteiger charge is 2.15. The average Bonchev–Trinajstić information content (AvgIpc) is 2.84. The summed E-state index contributed by atoms with van der Waals surface area (Å²) in [5, 5.41) is -0.128. The largest absolute Gasteiger partial charge is 0.311 e. The number of imidazole rings is 1. The van der Waals surface area contributed by atoms with Crippen molar-refractivity contribution in [2.45, 2.75) is 32.2 Å². The number of alkyl halides is 1. The SMILES string of the molecule is Cc1cccc(CCn2c(C(C)Cl)nc3cccnc32)c1. The van der Waals surface area contributed by atoms with E-state index in [0.29, 0.717) is 0 Å². The van der Waals surface area contributed by atoms with Gasteiger partial charge in [-0.05, 0) is 38.0 Å². The van der Waals surface area contributed by atoms with E-state index in [1.807, 2.05) is 19.1 Å². The molecule has 0 amide bonds. The number of nitrogens with zero attached hydrogens (tertiary/aromatic N) is 3. The molecule has 0 radical (unpaired) electrons. The molecule has 0 aliphatic carbocycles. The number of halogens is 1.